The monoisotopic (exact) mass is 277 g/mol. The van der Waals surface area contributed by atoms with Crippen molar-refractivity contribution in [2.24, 2.45) is 0 Å². The Morgan fingerprint density at radius 3 is 2.75 bits per heavy atom. The molecule has 20 heavy (non-hydrogen) atoms. The highest BCUT2D eigenvalue weighted by Crippen LogP contribution is 2.22. The molecule has 0 fully saturated rings. The number of nitrogens with one attached hydrogen (secondary N) is 2. The summed E-state index contributed by atoms with van der Waals surface area (Å²) in [4.78, 5) is 16.2. The van der Waals surface area contributed by atoms with Crippen LogP contribution in [-0.2, 0) is 24.1 Å². The summed E-state index contributed by atoms with van der Waals surface area (Å²) in [7, 11) is 1.90. The van der Waals surface area contributed by atoms with E-state index in [2.05, 4.69) is 21.7 Å². The molecular formula is C15H23N3O2. The maximum atomic E-state index is 11.8. The number of fused-ring (bicyclic) bond motifs is 1. The minimum absolute atomic E-state index is 0.103. The Balaban J connectivity index is 1.94. The topological polar surface area (TPSA) is 63.2 Å². The van der Waals surface area contributed by atoms with Crippen molar-refractivity contribution in [3.63, 3.8) is 0 Å². The molecule has 1 aliphatic carbocycles. The van der Waals surface area contributed by atoms with Gasteiger partial charge in [-0.05, 0) is 57.9 Å². The summed E-state index contributed by atoms with van der Waals surface area (Å²) in [6.07, 6.45) is 3.23. The SMILES string of the molecule is CNCc1cc2c(cn1)CC(NC(=O)OC(C)(C)C)C2. The Kier molecular flexibility index (Phi) is 4.28. The number of aromatic nitrogens is 1. The van der Waals surface area contributed by atoms with Crippen LogP contribution in [0.25, 0.3) is 0 Å². The molecule has 0 saturated carbocycles. The normalized spacial score (nSPS) is 17.7. The first-order valence-electron chi connectivity index (χ1n) is 6.98. The number of hydrogen-bond donors (Lipinski definition) is 2. The number of pyridine rings is 1. The lowest BCUT2D eigenvalue weighted by Gasteiger charge is -2.21. The van der Waals surface area contributed by atoms with Gasteiger partial charge in [0.15, 0.2) is 0 Å². The van der Waals surface area contributed by atoms with Crippen LogP contribution >= 0.6 is 0 Å². The number of hydrogen-bond acceptors (Lipinski definition) is 4. The summed E-state index contributed by atoms with van der Waals surface area (Å²) in [6, 6.07) is 2.22. The molecule has 1 unspecified atom stereocenters. The molecule has 110 valence electrons. The fraction of sp³-hybridized carbons (Fsp3) is 0.600. The molecule has 0 aromatic carbocycles. The third kappa shape index (κ3) is 3.93. The lowest BCUT2D eigenvalue weighted by molar-refractivity contribution is 0.0506. The summed E-state index contributed by atoms with van der Waals surface area (Å²) in [5.41, 5.74) is 3.05. The van der Waals surface area contributed by atoms with E-state index in [1.807, 2.05) is 34.0 Å². The first kappa shape index (κ1) is 14.8. The van der Waals surface area contributed by atoms with Gasteiger partial charge < -0.3 is 15.4 Å². The summed E-state index contributed by atoms with van der Waals surface area (Å²) in [6.45, 7) is 6.36. The van der Waals surface area contributed by atoms with Crippen molar-refractivity contribution in [3.8, 4) is 0 Å². The number of rotatable bonds is 3. The number of carbonyl (C=O) groups is 1. The van der Waals surface area contributed by atoms with E-state index < -0.39 is 5.60 Å². The van der Waals surface area contributed by atoms with Crippen LogP contribution in [0.3, 0.4) is 0 Å². The van der Waals surface area contributed by atoms with Gasteiger partial charge in [0.2, 0.25) is 0 Å². The van der Waals surface area contributed by atoms with Crippen molar-refractivity contribution in [2.45, 2.75) is 51.8 Å². The highest BCUT2D eigenvalue weighted by molar-refractivity contribution is 5.68. The molecule has 0 saturated heterocycles. The fourth-order valence-electron chi connectivity index (χ4n) is 2.41. The predicted octanol–water partition coefficient (Wildman–Crippen LogP) is 1.79. The van der Waals surface area contributed by atoms with E-state index in [1.54, 1.807) is 0 Å². The smallest absolute Gasteiger partial charge is 0.407 e. The van der Waals surface area contributed by atoms with Gasteiger partial charge >= 0.3 is 6.09 Å². The van der Waals surface area contributed by atoms with Gasteiger partial charge in [-0.2, -0.15) is 0 Å². The van der Waals surface area contributed by atoms with E-state index in [1.165, 1.54) is 11.1 Å². The highest BCUT2D eigenvalue weighted by atomic mass is 16.6. The maximum Gasteiger partial charge on any atom is 0.407 e. The molecule has 1 heterocycles. The predicted molar refractivity (Wildman–Crippen MR) is 77.6 cm³/mol. The standard InChI is InChI=1S/C15H23N3O2/c1-15(2,3)20-14(19)18-12-5-10-6-13(9-16-4)17-8-11(10)7-12/h6,8,12,16H,5,7,9H2,1-4H3,(H,18,19). The van der Waals surface area contributed by atoms with Gasteiger partial charge in [-0.15, -0.1) is 0 Å². The summed E-state index contributed by atoms with van der Waals surface area (Å²) in [5, 5.41) is 6.02. The molecule has 1 amide bonds. The van der Waals surface area contributed by atoms with Gasteiger partial charge in [-0.25, -0.2) is 4.79 Å². The number of amides is 1. The van der Waals surface area contributed by atoms with Gasteiger partial charge in [-0.1, -0.05) is 0 Å². The molecule has 0 bridgehead atoms. The molecule has 1 atom stereocenters. The molecule has 5 heteroatoms. The minimum atomic E-state index is -0.461. The lowest BCUT2D eigenvalue weighted by Crippen LogP contribution is -2.39. The fourth-order valence-corrected chi connectivity index (χ4v) is 2.41. The molecule has 1 aromatic heterocycles. The van der Waals surface area contributed by atoms with Gasteiger partial charge in [0.25, 0.3) is 0 Å². The second kappa shape index (κ2) is 5.79. The van der Waals surface area contributed by atoms with Crippen LogP contribution in [0.2, 0.25) is 0 Å². The van der Waals surface area contributed by atoms with Crippen molar-refractivity contribution in [3.05, 3.63) is 29.1 Å². The average molecular weight is 277 g/mol. The first-order valence-corrected chi connectivity index (χ1v) is 6.98. The van der Waals surface area contributed by atoms with Gasteiger partial charge in [0.05, 0.1) is 5.69 Å². The molecule has 0 spiro atoms. The highest BCUT2D eigenvalue weighted by Gasteiger charge is 2.25. The maximum absolute atomic E-state index is 11.8. The van der Waals surface area contributed by atoms with Crippen LogP contribution in [0, 0.1) is 0 Å². The Hall–Kier alpha value is -1.62. The molecule has 2 rings (SSSR count). The van der Waals surface area contributed by atoms with Crippen LogP contribution in [0.15, 0.2) is 12.3 Å². The van der Waals surface area contributed by atoms with Crippen LogP contribution in [-0.4, -0.2) is 29.8 Å². The number of carbonyl (C=O) groups excluding carboxylic acids is 1. The average Bonchev–Trinajstić information content (AvgIpc) is 2.67. The van der Waals surface area contributed by atoms with E-state index >= 15 is 0 Å². The van der Waals surface area contributed by atoms with E-state index in [4.69, 9.17) is 4.74 Å². The Bertz CT molecular complexity index is 494. The van der Waals surface area contributed by atoms with Gasteiger partial charge in [-0.3, -0.25) is 4.98 Å². The second-order valence-electron chi connectivity index (χ2n) is 6.23. The Labute approximate surface area is 120 Å². The number of nitrogens with zero attached hydrogens (tertiary/aromatic N) is 1. The molecule has 1 aliphatic rings. The van der Waals surface area contributed by atoms with Crippen molar-refractivity contribution in [1.82, 2.24) is 15.6 Å². The second-order valence-corrected chi connectivity index (χ2v) is 6.23. The van der Waals surface area contributed by atoms with Crippen LogP contribution < -0.4 is 10.6 Å². The van der Waals surface area contributed by atoms with E-state index in [9.17, 15) is 4.79 Å². The minimum Gasteiger partial charge on any atom is -0.444 e. The van der Waals surface area contributed by atoms with Crippen molar-refractivity contribution in [1.29, 1.82) is 0 Å². The zero-order chi connectivity index (χ0) is 14.8. The third-order valence-corrected chi connectivity index (χ3v) is 3.15. The Morgan fingerprint density at radius 1 is 1.40 bits per heavy atom. The lowest BCUT2D eigenvalue weighted by atomic mass is 10.1. The van der Waals surface area contributed by atoms with E-state index in [-0.39, 0.29) is 12.1 Å². The molecular weight excluding hydrogens is 254 g/mol. The first-order chi connectivity index (χ1) is 9.37. The number of ether oxygens (including phenoxy) is 1. The Morgan fingerprint density at radius 2 is 2.10 bits per heavy atom. The zero-order valence-electron chi connectivity index (χ0n) is 12.6. The van der Waals surface area contributed by atoms with Crippen LogP contribution in [0.5, 0.6) is 0 Å². The van der Waals surface area contributed by atoms with Crippen molar-refractivity contribution < 1.29 is 9.53 Å². The molecule has 5 nitrogen and oxygen atoms in total. The van der Waals surface area contributed by atoms with Crippen molar-refractivity contribution in [2.75, 3.05) is 7.05 Å². The number of alkyl carbamates (subject to hydrolysis) is 1. The van der Waals surface area contributed by atoms with Gasteiger partial charge in [0, 0.05) is 18.8 Å². The van der Waals surface area contributed by atoms with Crippen LogP contribution in [0.1, 0.15) is 37.6 Å². The summed E-state index contributed by atoms with van der Waals surface area (Å²) in [5.74, 6) is 0. The van der Waals surface area contributed by atoms with E-state index in [0.29, 0.717) is 0 Å². The molecule has 1 aromatic rings. The summed E-state index contributed by atoms with van der Waals surface area (Å²) >= 11 is 0. The molecule has 0 radical (unpaired) electrons. The quantitative estimate of drug-likeness (QED) is 0.884. The molecule has 2 N–H and O–H groups in total. The third-order valence-electron chi connectivity index (χ3n) is 3.15. The van der Waals surface area contributed by atoms with Crippen LogP contribution in [0.4, 0.5) is 4.79 Å². The summed E-state index contributed by atoms with van der Waals surface area (Å²) < 4.78 is 5.29. The largest absolute Gasteiger partial charge is 0.444 e. The van der Waals surface area contributed by atoms with E-state index in [0.717, 1.165) is 25.1 Å². The molecule has 0 aliphatic heterocycles. The van der Waals surface area contributed by atoms with Gasteiger partial charge in [0.1, 0.15) is 5.60 Å². The van der Waals surface area contributed by atoms with Crippen molar-refractivity contribution >= 4 is 6.09 Å². The zero-order valence-corrected chi connectivity index (χ0v) is 12.6.